The number of aldehydes is 1. The van der Waals surface area contributed by atoms with Gasteiger partial charge in [-0.05, 0) is 89.2 Å². The zero-order chi connectivity index (χ0) is 58.3. The second-order valence-corrected chi connectivity index (χ2v) is 20.1. The maximum Gasteiger partial charge on any atom is 0.287 e. The first-order valence-corrected chi connectivity index (χ1v) is 26.1. The third-order valence-electron chi connectivity index (χ3n) is 12.7. The lowest BCUT2D eigenvalue weighted by molar-refractivity contribution is -0.136. The summed E-state index contributed by atoms with van der Waals surface area (Å²) in [5.41, 5.74) is 16.5. The number of carbonyl (C=O) groups excluding carboxylic acids is 10. The Labute approximate surface area is 453 Å². The van der Waals surface area contributed by atoms with Gasteiger partial charge in [-0.25, -0.2) is 0 Å². The average Bonchev–Trinajstić information content (AvgIpc) is 3.90. The van der Waals surface area contributed by atoms with E-state index in [-0.39, 0.29) is 69.3 Å². The molecule has 3 rings (SSSR count). The van der Waals surface area contributed by atoms with E-state index in [2.05, 4.69) is 53.2 Å². The highest BCUT2D eigenvalue weighted by atomic mass is 16.4. The van der Waals surface area contributed by atoms with Crippen LogP contribution in [0.25, 0.3) is 0 Å². The summed E-state index contributed by atoms with van der Waals surface area (Å²) in [6, 6.07) is -0.888. The molecule has 0 bridgehead atoms. The zero-order valence-corrected chi connectivity index (χ0v) is 45.1. The Morgan fingerprint density at radius 1 is 0.744 bits per heavy atom. The minimum Gasteiger partial charge on any atom is -0.456 e. The lowest BCUT2D eigenvalue weighted by atomic mass is 9.94. The number of carbonyl (C=O) groups is 10. The van der Waals surface area contributed by atoms with Gasteiger partial charge in [0.2, 0.25) is 47.3 Å². The summed E-state index contributed by atoms with van der Waals surface area (Å²) in [7, 11) is 0. The van der Waals surface area contributed by atoms with Crippen LogP contribution in [-0.4, -0.2) is 180 Å². The van der Waals surface area contributed by atoms with Gasteiger partial charge in [0.15, 0.2) is 5.76 Å². The number of benzene rings is 1. The molecule has 2 aromatic rings. The van der Waals surface area contributed by atoms with Crippen LogP contribution in [0.3, 0.4) is 0 Å². The van der Waals surface area contributed by atoms with Gasteiger partial charge in [-0.15, -0.1) is 0 Å². The lowest BCUT2D eigenvalue weighted by Gasteiger charge is -2.34. The van der Waals surface area contributed by atoms with Crippen molar-refractivity contribution < 1.29 is 67.7 Å². The van der Waals surface area contributed by atoms with Crippen molar-refractivity contribution in [2.24, 2.45) is 23.1 Å². The molecule has 1 saturated heterocycles. The first kappa shape index (κ1) is 65.4. The molecule has 0 aliphatic carbocycles. The Morgan fingerprint density at radius 2 is 1.36 bits per heavy atom. The van der Waals surface area contributed by atoms with E-state index in [9.17, 15) is 63.3 Å². The number of aliphatic hydroxyl groups excluding tert-OH is 3. The molecule has 1 aliphatic rings. The average molecular weight is 1100 g/mol. The minimum atomic E-state index is -1.84. The number of hydrogen-bond donors (Lipinski definition) is 16. The van der Waals surface area contributed by atoms with Crippen molar-refractivity contribution in [3.05, 3.63) is 59.5 Å². The van der Waals surface area contributed by atoms with E-state index < -0.39 is 145 Å². The Balaban J connectivity index is 2.11. The van der Waals surface area contributed by atoms with Crippen molar-refractivity contribution in [3.63, 3.8) is 0 Å². The van der Waals surface area contributed by atoms with Gasteiger partial charge in [0.1, 0.15) is 59.9 Å². The highest BCUT2D eigenvalue weighted by Crippen LogP contribution is 2.18. The first-order valence-electron chi connectivity index (χ1n) is 26.1. The van der Waals surface area contributed by atoms with Crippen LogP contribution in [0.5, 0.6) is 0 Å². The summed E-state index contributed by atoms with van der Waals surface area (Å²) >= 11 is 0. The summed E-state index contributed by atoms with van der Waals surface area (Å²) in [6.45, 7) is 7.28. The molecule has 1 fully saturated rings. The number of nitrogens with one attached hydrogen (secondary N) is 10. The van der Waals surface area contributed by atoms with Crippen molar-refractivity contribution in [2.75, 3.05) is 39.3 Å². The molecule has 1 aliphatic heterocycles. The molecule has 0 saturated carbocycles. The Bertz CT molecular complexity index is 2330. The number of aliphatic hydroxyl groups is 3. The molecule has 27 nitrogen and oxygen atoms in total. The molecule has 19 N–H and O–H groups in total. The number of nitrogens with two attached hydrogens (primary N) is 3. The van der Waals surface area contributed by atoms with Crippen LogP contribution in [0.4, 0.5) is 0 Å². The molecule has 2 heterocycles. The van der Waals surface area contributed by atoms with Crippen molar-refractivity contribution in [1.82, 2.24) is 53.2 Å². The van der Waals surface area contributed by atoms with Gasteiger partial charge >= 0.3 is 0 Å². The summed E-state index contributed by atoms with van der Waals surface area (Å²) in [5, 5.41) is 57.1. The molecular weight excluding hydrogens is 1020 g/mol. The second kappa shape index (κ2) is 32.1. The smallest absolute Gasteiger partial charge is 0.287 e. The summed E-state index contributed by atoms with van der Waals surface area (Å²) in [6.07, 6.45) is -3.66. The molecule has 0 radical (unpaired) electrons. The van der Waals surface area contributed by atoms with E-state index in [1.807, 2.05) is 13.8 Å². The Morgan fingerprint density at radius 3 is 1.92 bits per heavy atom. The Kier molecular flexibility index (Phi) is 26.9. The SMILES string of the molecule is CC(C)C[C@@H]1NC(=O)[C@@H](Cc2ccccc2)NC(=O)[C@H](CCN)NC(=O)[C@@H](NC(=O)[C@@H](CO)NC(=O)[C@@H](NC(=O)c2ccc(C(C)C)o2)[C@@H](C)O)CCNC(=O)[C@H]([C@@H](C)O)NC(=O)[C@H](CCN)NC[C@](C=O)(CCN)NC1=O. The normalized spacial score (nSPS) is 24.2. The van der Waals surface area contributed by atoms with Gasteiger partial charge in [0.05, 0.1) is 24.9 Å². The van der Waals surface area contributed by atoms with E-state index in [1.165, 1.54) is 19.9 Å². The van der Waals surface area contributed by atoms with Crippen LogP contribution in [0.2, 0.25) is 0 Å². The molecular formula is C51H81N13O14. The lowest BCUT2D eigenvalue weighted by Crippen LogP contribution is -2.64. The monoisotopic (exact) mass is 1100 g/mol. The fourth-order valence-corrected chi connectivity index (χ4v) is 8.24. The van der Waals surface area contributed by atoms with Crippen molar-refractivity contribution >= 4 is 59.5 Å². The second-order valence-electron chi connectivity index (χ2n) is 20.1. The van der Waals surface area contributed by atoms with Crippen LogP contribution >= 0.6 is 0 Å². The first-order chi connectivity index (χ1) is 36.9. The molecule has 0 spiro atoms. The van der Waals surface area contributed by atoms with Gasteiger partial charge < -0.3 is 94.9 Å². The molecule has 0 unspecified atom stereocenters. The zero-order valence-electron chi connectivity index (χ0n) is 45.1. The predicted molar refractivity (Wildman–Crippen MR) is 283 cm³/mol. The van der Waals surface area contributed by atoms with Crippen molar-refractivity contribution in [2.45, 2.75) is 152 Å². The minimum absolute atomic E-state index is 0.0398. The van der Waals surface area contributed by atoms with Crippen molar-refractivity contribution in [1.29, 1.82) is 0 Å². The van der Waals surface area contributed by atoms with E-state index in [1.54, 1.807) is 50.2 Å². The van der Waals surface area contributed by atoms with Crippen LogP contribution < -0.4 is 70.4 Å². The quantitative estimate of drug-likeness (QED) is 0.0521. The molecule has 11 atom stereocenters. The molecule has 78 heavy (non-hydrogen) atoms. The maximum absolute atomic E-state index is 14.4. The van der Waals surface area contributed by atoms with Gasteiger partial charge in [-0.2, -0.15) is 0 Å². The largest absolute Gasteiger partial charge is 0.456 e. The molecule has 1 aromatic heterocycles. The standard InChI is InChI=1S/C51H81N13O14/c1-27(2)22-35-47(74)64-51(26-66,17-20-54)25-56-32(14-18-52)42(69)62-40(29(5)67)49(76)55-21-16-34(44(71)57-33(15-19-53)43(70)60-36(45(72)59-35)23-31-10-8-7-9-11-31)58-46(73)37(24-65)61-50(77)41(30(6)68)63-48(75)39-13-12-38(78-39)28(3)4/h7-13,26-30,32-37,40-41,56,65,67-68H,14-25,52-54H2,1-6H3,(H,55,76)(H,57,71)(H,58,73)(H,59,72)(H,60,70)(H,61,77)(H,62,69)(H,63,75)(H,64,74)/t29-,30-,32+,33+,34+,35+,36-,37-,40+,41+,51+/m1/s1. The summed E-state index contributed by atoms with van der Waals surface area (Å²) in [5.74, 6) is -8.64. The van der Waals surface area contributed by atoms with Gasteiger partial charge in [-0.1, -0.05) is 58.0 Å². The maximum atomic E-state index is 14.4. The number of hydrogen-bond acceptors (Lipinski definition) is 18. The number of furan rings is 1. The van der Waals surface area contributed by atoms with Crippen LogP contribution in [0, 0.1) is 5.92 Å². The van der Waals surface area contributed by atoms with E-state index >= 15 is 0 Å². The molecule has 9 amide bonds. The molecule has 434 valence electrons. The van der Waals surface area contributed by atoms with Gasteiger partial charge in [0.25, 0.3) is 5.91 Å². The highest BCUT2D eigenvalue weighted by Gasteiger charge is 2.39. The summed E-state index contributed by atoms with van der Waals surface area (Å²) < 4.78 is 5.54. The van der Waals surface area contributed by atoms with E-state index in [4.69, 9.17) is 21.6 Å². The highest BCUT2D eigenvalue weighted by molar-refractivity contribution is 5.99. The topological polar surface area (TPSA) is 443 Å². The summed E-state index contributed by atoms with van der Waals surface area (Å²) in [4.78, 5) is 138. The van der Waals surface area contributed by atoms with Gasteiger partial charge in [-0.3, -0.25) is 43.2 Å². The van der Waals surface area contributed by atoms with Gasteiger partial charge in [0, 0.05) is 25.4 Å². The third kappa shape index (κ3) is 20.2. The van der Waals surface area contributed by atoms with Crippen LogP contribution in [0.15, 0.2) is 46.9 Å². The fraction of sp³-hybridized carbons (Fsp3) is 0.608. The molecule has 27 heteroatoms. The van der Waals surface area contributed by atoms with Crippen LogP contribution in [0.1, 0.15) is 101 Å². The third-order valence-corrected chi connectivity index (χ3v) is 12.7. The van der Waals surface area contributed by atoms with E-state index in [0.29, 0.717) is 17.6 Å². The van der Waals surface area contributed by atoms with E-state index in [0.717, 1.165) is 0 Å². The Hall–Kier alpha value is -6.88. The number of amides is 9. The molecule has 1 aromatic carbocycles. The predicted octanol–water partition coefficient (Wildman–Crippen LogP) is -4.97. The fourth-order valence-electron chi connectivity index (χ4n) is 8.24. The van der Waals surface area contributed by atoms with Crippen LogP contribution in [-0.2, 0) is 49.6 Å². The van der Waals surface area contributed by atoms with Crippen molar-refractivity contribution in [3.8, 4) is 0 Å². The number of rotatable bonds is 21.